The third-order valence-electron chi connectivity index (χ3n) is 4.86. The largest absolute Gasteiger partial charge is 0.354 e. The molecule has 0 fully saturated rings. The van der Waals surface area contributed by atoms with E-state index in [0.717, 1.165) is 27.1 Å². The Labute approximate surface area is 168 Å². The van der Waals surface area contributed by atoms with Crippen LogP contribution in [-0.4, -0.2) is 18.9 Å². The van der Waals surface area contributed by atoms with Crippen LogP contribution in [0.1, 0.15) is 15.9 Å². The molecule has 4 aromatic rings. The smallest absolute Gasteiger partial charge is 0.267 e. The molecule has 0 bridgehead atoms. The molecule has 0 aliphatic carbocycles. The van der Waals surface area contributed by atoms with Gasteiger partial charge < -0.3 is 10.6 Å². The summed E-state index contributed by atoms with van der Waals surface area (Å²) in [4.78, 5) is 25.2. The van der Waals surface area contributed by atoms with Crippen LogP contribution >= 0.6 is 0 Å². The van der Waals surface area contributed by atoms with Crippen molar-refractivity contribution in [2.75, 3.05) is 7.05 Å². The molecule has 4 nitrogen and oxygen atoms in total. The first-order valence-electron chi connectivity index (χ1n) is 9.38. The number of hydrogen-bond acceptors (Lipinski definition) is 2. The Balaban J connectivity index is 1.88. The predicted molar refractivity (Wildman–Crippen MR) is 117 cm³/mol. The van der Waals surface area contributed by atoms with Gasteiger partial charge in [0.2, 0.25) is 0 Å². The first-order chi connectivity index (χ1) is 14.2. The number of hydrogen-bond donors (Lipinski definition) is 2. The monoisotopic (exact) mass is 380 g/mol. The molecule has 29 heavy (non-hydrogen) atoms. The maximum Gasteiger partial charge on any atom is 0.267 e. The zero-order valence-electron chi connectivity index (χ0n) is 16.0. The number of carbonyl (C=O) groups is 2. The van der Waals surface area contributed by atoms with E-state index in [4.69, 9.17) is 0 Å². The van der Waals surface area contributed by atoms with Gasteiger partial charge in [-0.2, -0.15) is 0 Å². The van der Waals surface area contributed by atoms with E-state index in [1.165, 1.54) is 0 Å². The van der Waals surface area contributed by atoms with Gasteiger partial charge in [0.25, 0.3) is 11.8 Å². The molecule has 2 amide bonds. The van der Waals surface area contributed by atoms with Crippen molar-refractivity contribution in [3.8, 4) is 0 Å². The van der Waals surface area contributed by atoms with Crippen LogP contribution in [-0.2, 0) is 4.79 Å². The number of fused-ring (bicyclic) bond motifs is 2. The lowest BCUT2D eigenvalue weighted by atomic mass is 9.96. The Hall–Kier alpha value is -3.92. The lowest BCUT2D eigenvalue weighted by Gasteiger charge is -2.12. The Morgan fingerprint density at radius 3 is 1.90 bits per heavy atom. The minimum Gasteiger partial charge on any atom is -0.354 e. The number of likely N-dealkylation sites (N-methyl/N-ethyl adjacent to an activating group) is 1. The van der Waals surface area contributed by atoms with E-state index in [1.54, 1.807) is 37.4 Å². The molecule has 0 heterocycles. The van der Waals surface area contributed by atoms with Crippen LogP contribution in [0.25, 0.3) is 27.6 Å². The van der Waals surface area contributed by atoms with Gasteiger partial charge in [0, 0.05) is 12.6 Å². The molecule has 0 saturated carbocycles. The maximum atomic E-state index is 12.7. The van der Waals surface area contributed by atoms with Gasteiger partial charge in [0.05, 0.1) is 0 Å². The number of amides is 2. The van der Waals surface area contributed by atoms with Crippen LogP contribution in [0.2, 0.25) is 0 Å². The molecule has 0 aliphatic rings. The fourth-order valence-corrected chi connectivity index (χ4v) is 3.43. The molecule has 4 aromatic carbocycles. The van der Waals surface area contributed by atoms with Crippen molar-refractivity contribution >= 4 is 39.4 Å². The highest BCUT2D eigenvalue weighted by molar-refractivity contribution is 6.11. The van der Waals surface area contributed by atoms with E-state index in [9.17, 15) is 9.59 Å². The highest BCUT2D eigenvalue weighted by Gasteiger charge is 2.15. The summed E-state index contributed by atoms with van der Waals surface area (Å²) in [6.45, 7) is 0. The van der Waals surface area contributed by atoms with Gasteiger partial charge in [0.1, 0.15) is 5.70 Å². The van der Waals surface area contributed by atoms with Crippen LogP contribution in [0.3, 0.4) is 0 Å². The molecule has 2 N–H and O–H groups in total. The Morgan fingerprint density at radius 2 is 1.31 bits per heavy atom. The quantitative estimate of drug-likeness (QED) is 0.404. The topological polar surface area (TPSA) is 58.2 Å². The molecule has 0 spiro atoms. The van der Waals surface area contributed by atoms with E-state index in [2.05, 4.69) is 16.7 Å². The highest BCUT2D eigenvalue weighted by atomic mass is 16.2. The molecule has 4 rings (SSSR count). The molecule has 4 heteroatoms. The Morgan fingerprint density at radius 1 is 0.759 bits per heavy atom. The molecule has 0 atom stereocenters. The summed E-state index contributed by atoms with van der Waals surface area (Å²) in [5.41, 5.74) is 1.58. The van der Waals surface area contributed by atoms with Crippen LogP contribution < -0.4 is 10.6 Å². The van der Waals surface area contributed by atoms with Crippen molar-refractivity contribution in [1.82, 2.24) is 10.6 Å². The second-order valence-electron chi connectivity index (χ2n) is 6.69. The molecule has 0 saturated heterocycles. The van der Waals surface area contributed by atoms with Crippen molar-refractivity contribution in [2.24, 2.45) is 0 Å². The van der Waals surface area contributed by atoms with Gasteiger partial charge in [0.15, 0.2) is 0 Å². The molecule has 0 unspecified atom stereocenters. The summed E-state index contributed by atoms with van der Waals surface area (Å²) in [7, 11) is 1.55. The summed E-state index contributed by atoms with van der Waals surface area (Å²) >= 11 is 0. The van der Waals surface area contributed by atoms with E-state index < -0.39 is 0 Å². The third-order valence-corrected chi connectivity index (χ3v) is 4.86. The van der Waals surface area contributed by atoms with Gasteiger partial charge in [-0.25, -0.2) is 0 Å². The standard InChI is InChI=1S/C25H20N2O2/c1-26-25(29)23(27-24(28)17-9-3-2-4-10-17)16-22-20-13-7-5-11-18(20)15-19-12-6-8-14-21(19)22/h2-16H,1H3,(H,26,29)(H,27,28)/b23-16+. The summed E-state index contributed by atoms with van der Waals surface area (Å²) in [5, 5.41) is 9.56. The van der Waals surface area contributed by atoms with Gasteiger partial charge in [-0.15, -0.1) is 0 Å². The number of benzene rings is 4. The summed E-state index contributed by atoms with van der Waals surface area (Å²) in [6, 6.07) is 27.0. The van der Waals surface area contributed by atoms with Crippen molar-refractivity contribution in [1.29, 1.82) is 0 Å². The fourth-order valence-electron chi connectivity index (χ4n) is 3.43. The number of rotatable bonds is 4. The van der Waals surface area contributed by atoms with Crippen LogP contribution in [0.4, 0.5) is 0 Å². The summed E-state index contributed by atoms with van der Waals surface area (Å²) in [6.07, 6.45) is 1.75. The minimum atomic E-state index is -0.355. The van der Waals surface area contributed by atoms with Crippen molar-refractivity contribution in [3.63, 3.8) is 0 Å². The zero-order valence-corrected chi connectivity index (χ0v) is 16.0. The molecular formula is C25H20N2O2. The highest BCUT2D eigenvalue weighted by Crippen LogP contribution is 2.30. The zero-order chi connectivity index (χ0) is 20.2. The third kappa shape index (κ3) is 3.73. The van der Waals surface area contributed by atoms with Gasteiger partial charge in [-0.1, -0.05) is 66.7 Å². The molecule has 0 aliphatic heterocycles. The number of carbonyl (C=O) groups excluding carboxylic acids is 2. The van der Waals surface area contributed by atoms with Crippen LogP contribution in [0.5, 0.6) is 0 Å². The summed E-state index contributed by atoms with van der Waals surface area (Å²) in [5.74, 6) is -0.684. The van der Waals surface area contributed by atoms with Crippen LogP contribution in [0, 0.1) is 0 Å². The predicted octanol–water partition coefficient (Wildman–Crippen LogP) is 4.51. The van der Waals surface area contributed by atoms with E-state index in [1.807, 2.05) is 54.6 Å². The second-order valence-corrected chi connectivity index (χ2v) is 6.69. The SMILES string of the molecule is CNC(=O)/C(=C\c1c2ccccc2cc2ccccc12)NC(=O)c1ccccc1. The van der Waals surface area contributed by atoms with Crippen LogP contribution in [0.15, 0.2) is 90.6 Å². The maximum absolute atomic E-state index is 12.7. The lowest BCUT2D eigenvalue weighted by Crippen LogP contribution is -2.33. The fraction of sp³-hybridized carbons (Fsp3) is 0.0400. The Bertz CT molecular complexity index is 1190. The molecule has 142 valence electrons. The lowest BCUT2D eigenvalue weighted by molar-refractivity contribution is -0.117. The second kappa shape index (κ2) is 7.98. The Kier molecular flexibility index (Phi) is 5.08. The average molecular weight is 380 g/mol. The normalized spacial score (nSPS) is 11.4. The van der Waals surface area contributed by atoms with Gasteiger partial charge >= 0.3 is 0 Å². The molecule has 0 aromatic heterocycles. The van der Waals surface area contributed by atoms with Crippen molar-refractivity contribution in [3.05, 3.63) is 102 Å². The van der Waals surface area contributed by atoms with E-state index in [0.29, 0.717) is 5.56 Å². The summed E-state index contributed by atoms with van der Waals surface area (Å²) < 4.78 is 0. The van der Waals surface area contributed by atoms with E-state index >= 15 is 0 Å². The first kappa shape index (κ1) is 18.4. The molecule has 0 radical (unpaired) electrons. The molecular weight excluding hydrogens is 360 g/mol. The number of nitrogens with one attached hydrogen (secondary N) is 2. The van der Waals surface area contributed by atoms with E-state index in [-0.39, 0.29) is 17.5 Å². The average Bonchev–Trinajstić information content (AvgIpc) is 2.78. The minimum absolute atomic E-state index is 0.197. The van der Waals surface area contributed by atoms with Crippen molar-refractivity contribution < 1.29 is 9.59 Å². The van der Waals surface area contributed by atoms with Crippen molar-refractivity contribution in [2.45, 2.75) is 0 Å². The van der Waals surface area contributed by atoms with Gasteiger partial charge in [-0.3, -0.25) is 9.59 Å². The van der Waals surface area contributed by atoms with Gasteiger partial charge in [-0.05, 0) is 51.4 Å². The first-order valence-corrected chi connectivity index (χ1v) is 9.38.